The third-order valence-electron chi connectivity index (χ3n) is 6.73. The summed E-state index contributed by atoms with van der Waals surface area (Å²) in [7, 11) is 0. The van der Waals surface area contributed by atoms with E-state index in [0.717, 1.165) is 40.4 Å². The number of hydrogen-bond acceptors (Lipinski definition) is 7. The number of aromatic nitrogens is 3. The van der Waals surface area contributed by atoms with Gasteiger partial charge in [-0.2, -0.15) is 0 Å². The summed E-state index contributed by atoms with van der Waals surface area (Å²) in [6.45, 7) is 6.17. The first-order valence-corrected chi connectivity index (χ1v) is 11.4. The third kappa shape index (κ3) is 3.92. The smallest absolute Gasteiger partial charge is 0.153 e. The molecule has 1 saturated heterocycles. The highest BCUT2D eigenvalue weighted by Crippen LogP contribution is 2.50. The summed E-state index contributed by atoms with van der Waals surface area (Å²) in [5.74, 6) is 1.92. The topological polar surface area (TPSA) is 88.2 Å². The van der Waals surface area contributed by atoms with E-state index < -0.39 is 0 Å². The molecule has 1 aliphatic heterocycles. The summed E-state index contributed by atoms with van der Waals surface area (Å²) < 4.78 is 0. The molecule has 1 saturated carbocycles. The van der Waals surface area contributed by atoms with Gasteiger partial charge in [-0.3, -0.25) is 0 Å². The van der Waals surface area contributed by atoms with E-state index >= 15 is 0 Å². The number of halogens is 1. The van der Waals surface area contributed by atoms with Crippen molar-refractivity contribution in [3.05, 3.63) is 28.7 Å². The van der Waals surface area contributed by atoms with Gasteiger partial charge in [-0.15, -0.1) is 0 Å². The van der Waals surface area contributed by atoms with Gasteiger partial charge < -0.3 is 15.7 Å². The van der Waals surface area contributed by atoms with Crippen LogP contribution >= 0.6 is 23.4 Å². The third-order valence-corrected chi connectivity index (χ3v) is 8.38. The Morgan fingerprint density at radius 2 is 2.07 bits per heavy atom. The number of nitrogens with zero attached hydrogens (tertiary/aromatic N) is 4. The van der Waals surface area contributed by atoms with E-state index in [1.807, 2.05) is 13.0 Å². The summed E-state index contributed by atoms with van der Waals surface area (Å²) >= 11 is 7.68. The molecule has 6 nitrogen and oxygen atoms in total. The van der Waals surface area contributed by atoms with E-state index in [-0.39, 0.29) is 6.61 Å². The van der Waals surface area contributed by atoms with Crippen LogP contribution in [-0.2, 0) is 6.61 Å². The molecule has 1 spiro atoms. The molecular weight excluding hydrogens is 406 g/mol. The number of anilines is 2. The highest BCUT2D eigenvalue weighted by molar-refractivity contribution is 7.99. The zero-order valence-corrected chi connectivity index (χ0v) is 18.6. The number of aryl methyl sites for hydroxylation is 1. The predicted molar refractivity (Wildman–Crippen MR) is 117 cm³/mol. The minimum absolute atomic E-state index is 0.138. The molecule has 0 radical (unpaired) electrons. The fourth-order valence-electron chi connectivity index (χ4n) is 4.82. The van der Waals surface area contributed by atoms with Gasteiger partial charge in [0, 0.05) is 24.2 Å². The van der Waals surface area contributed by atoms with Gasteiger partial charge in [0.15, 0.2) is 5.82 Å². The number of nitrogen functional groups attached to an aromatic ring is 1. The van der Waals surface area contributed by atoms with Crippen LogP contribution in [0.5, 0.6) is 0 Å². The number of piperidine rings is 1. The van der Waals surface area contributed by atoms with E-state index in [1.54, 1.807) is 6.20 Å². The second-order valence-electron chi connectivity index (χ2n) is 8.30. The summed E-state index contributed by atoms with van der Waals surface area (Å²) in [5, 5.41) is 11.1. The molecule has 0 aromatic carbocycles. The van der Waals surface area contributed by atoms with Gasteiger partial charge in [0.05, 0.1) is 17.3 Å². The van der Waals surface area contributed by atoms with E-state index in [2.05, 4.69) is 16.8 Å². The maximum atomic E-state index is 9.98. The van der Waals surface area contributed by atoms with Crippen LogP contribution in [0.1, 0.15) is 50.4 Å². The summed E-state index contributed by atoms with van der Waals surface area (Å²) in [5.41, 5.74) is 7.76. The van der Waals surface area contributed by atoms with E-state index in [4.69, 9.17) is 27.3 Å². The Morgan fingerprint density at radius 1 is 1.31 bits per heavy atom. The van der Waals surface area contributed by atoms with Crippen LogP contribution in [0.2, 0.25) is 5.02 Å². The Bertz CT molecular complexity index is 901. The average Bonchev–Trinajstić information content (AvgIpc) is 3.07. The summed E-state index contributed by atoms with van der Waals surface area (Å²) in [6, 6.07) is 1.81. The maximum Gasteiger partial charge on any atom is 0.153 e. The van der Waals surface area contributed by atoms with Gasteiger partial charge in [0.1, 0.15) is 16.5 Å². The number of hydrogen-bond donors (Lipinski definition) is 2. The Morgan fingerprint density at radius 3 is 2.72 bits per heavy atom. The van der Waals surface area contributed by atoms with E-state index in [1.165, 1.54) is 43.9 Å². The van der Waals surface area contributed by atoms with Crippen LogP contribution < -0.4 is 10.6 Å². The lowest BCUT2D eigenvalue weighted by molar-refractivity contribution is 0.161. The monoisotopic (exact) mass is 433 g/mol. The van der Waals surface area contributed by atoms with Crippen molar-refractivity contribution in [3.8, 4) is 0 Å². The molecule has 8 heteroatoms. The molecule has 2 aromatic rings. The van der Waals surface area contributed by atoms with Crippen molar-refractivity contribution in [2.45, 2.75) is 62.5 Å². The second-order valence-corrected chi connectivity index (χ2v) is 9.70. The average molecular weight is 434 g/mol. The van der Waals surface area contributed by atoms with Crippen LogP contribution in [0.3, 0.4) is 0 Å². The predicted octanol–water partition coefficient (Wildman–Crippen LogP) is 4.47. The Kier molecular flexibility index (Phi) is 5.91. The fraction of sp³-hybridized carbons (Fsp3) is 0.571. The van der Waals surface area contributed by atoms with Crippen molar-refractivity contribution < 1.29 is 5.11 Å². The normalized spacial score (nSPS) is 21.1. The first-order chi connectivity index (χ1) is 13.9. The maximum absolute atomic E-state index is 9.98. The fourth-order valence-corrected chi connectivity index (χ4v) is 5.93. The highest BCUT2D eigenvalue weighted by Gasteiger charge is 2.42. The number of rotatable bonds is 4. The van der Waals surface area contributed by atoms with Crippen LogP contribution in [0.15, 0.2) is 22.2 Å². The van der Waals surface area contributed by atoms with Crippen LogP contribution in [-0.4, -0.2) is 33.1 Å². The molecule has 4 rings (SSSR count). The summed E-state index contributed by atoms with van der Waals surface area (Å²) in [6.07, 6.45) is 8.08. The molecule has 0 bridgehead atoms. The molecular formula is C21H28ClN5OS. The molecule has 0 unspecified atom stereocenters. The molecule has 1 aliphatic carbocycles. The van der Waals surface area contributed by atoms with Crippen molar-refractivity contribution >= 4 is 35.0 Å². The zero-order valence-electron chi connectivity index (χ0n) is 17.0. The lowest BCUT2D eigenvalue weighted by Crippen LogP contribution is -2.42. The molecule has 156 valence electrons. The Hall–Kier alpha value is -1.57. The second kappa shape index (κ2) is 8.28. The lowest BCUT2D eigenvalue weighted by Gasteiger charge is -2.43. The largest absolute Gasteiger partial charge is 0.390 e. The number of nitrogens with two attached hydrogens (primary N) is 1. The van der Waals surface area contributed by atoms with Gasteiger partial charge in [0.2, 0.25) is 0 Å². The van der Waals surface area contributed by atoms with Crippen molar-refractivity contribution in [2.24, 2.45) is 11.3 Å². The molecule has 2 aromatic heterocycles. The molecule has 0 amide bonds. The minimum atomic E-state index is -0.138. The van der Waals surface area contributed by atoms with E-state index in [0.29, 0.717) is 21.9 Å². The van der Waals surface area contributed by atoms with Gasteiger partial charge in [-0.1, -0.05) is 43.1 Å². The molecule has 3 N–H and O–H groups in total. The quantitative estimate of drug-likeness (QED) is 0.735. The van der Waals surface area contributed by atoms with Crippen LogP contribution in [0.4, 0.5) is 11.6 Å². The van der Waals surface area contributed by atoms with Crippen LogP contribution in [0.25, 0.3) is 0 Å². The summed E-state index contributed by atoms with van der Waals surface area (Å²) in [4.78, 5) is 16.6. The van der Waals surface area contributed by atoms with Gasteiger partial charge in [-0.05, 0) is 43.6 Å². The molecule has 29 heavy (non-hydrogen) atoms. The lowest BCUT2D eigenvalue weighted by atomic mass is 9.71. The number of aliphatic hydroxyl groups is 1. The number of pyridine rings is 1. The molecule has 1 atom stereocenters. The van der Waals surface area contributed by atoms with Gasteiger partial charge in [-0.25, -0.2) is 15.0 Å². The molecule has 2 aliphatic rings. The first kappa shape index (κ1) is 20.7. The van der Waals surface area contributed by atoms with Crippen LogP contribution in [0, 0.1) is 18.3 Å². The van der Waals surface area contributed by atoms with E-state index in [9.17, 15) is 5.11 Å². The first-order valence-electron chi connectivity index (χ1n) is 10.2. The Balaban J connectivity index is 1.56. The zero-order chi connectivity index (χ0) is 20.6. The standard InChI is InChI=1S/C21H28ClN5OS/c1-13-4-3-6-21(13)7-10-27(11-8-21)19-15(12-28)26-20(14(2)25-19)29-16-5-9-24-18(23)17(16)22/h5,9,13,28H,3-4,6-8,10-12H2,1-2H3,(H2,23,24)/t13-/m1/s1. The van der Waals surface area contributed by atoms with Crippen molar-refractivity contribution in [1.82, 2.24) is 15.0 Å². The molecule has 2 fully saturated rings. The highest BCUT2D eigenvalue weighted by atomic mass is 35.5. The van der Waals surface area contributed by atoms with Crippen molar-refractivity contribution in [3.63, 3.8) is 0 Å². The van der Waals surface area contributed by atoms with Gasteiger partial charge in [0.25, 0.3) is 0 Å². The van der Waals surface area contributed by atoms with Crippen molar-refractivity contribution in [1.29, 1.82) is 0 Å². The number of aliphatic hydroxyl groups excluding tert-OH is 1. The Labute approximate surface area is 181 Å². The SMILES string of the molecule is Cc1nc(N2CCC3(CCC[C@H]3C)CC2)c(CO)nc1Sc1ccnc(N)c1Cl. The minimum Gasteiger partial charge on any atom is -0.390 e. The van der Waals surface area contributed by atoms with Crippen molar-refractivity contribution in [2.75, 3.05) is 23.7 Å². The molecule has 3 heterocycles. The van der Waals surface area contributed by atoms with Gasteiger partial charge >= 0.3 is 0 Å².